The third-order valence-corrected chi connectivity index (χ3v) is 12.0. The molecule has 314 valence electrons. The molecule has 0 saturated carbocycles. The van der Waals surface area contributed by atoms with E-state index in [2.05, 4.69) is 26.6 Å². The van der Waals surface area contributed by atoms with Crippen LogP contribution < -0.4 is 24.8 Å². The molecule has 1 unspecified atom stereocenters. The molecule has 3 aliphatic heterocycles. The van der Waals surface area contributed by atoms with Crippen LogP contribution in [0, 0.1) is 11.3 Å². The van der Waals surface area contributed by atoms with Crippen molar-refractivity contribution in [3.8, 4) is 23.3 Å². The fraction of sp³-hybridized carbons (Fsp3) is 0.409. The lowest BCUT2D eigenvalue weighted by molar-refractivity contribution is -0.137. The van der Waals surface area contributed by atoms with Crippen molar-refractivity contribution in [1.82, 2.24) is 25.0 Å². The quantitative estimate of drug-likeness (QED) is 0.0916. The topological polar surface area (TPSA) is 166 Å². The number of nitrogens with one attached hydrogen (secondary N) is 2. The molecule has 4 heterocycles. The van der Waals surface area contributed by atoms with Gasteiger partial charge in [-0.3, -0.25) is 34.4 Å². The number of benzene rings is 3. The summed E-state index contributed by atoms with van der Waals surface area (Å²) in [5.41, 5.74) is 4.61. The number of carbonyl (C=O) groups excluding carboxylic acids is 4. The van der Waals surface area contributed by atoms with Crippen LogP contribution in [0.1, 0.15) is 72.0 Å². The molecule has 3 aliphatic rings. The first-order valence-electron chi connectivity index (χ1n) is 20.2. The van der Waals surface area contributed by atoms with Gasteiger partial charge < -0.3 is 29.3 Å². The van der Waals surface area contributed by atoms with Crippen LogP contribution in [0.5, 0.6) is 17.2 Å². The van der Waals surface area contributed by atoms with Crippen LogP contribution in [0.25, 0.3) is 10.9 Å². The number of imide groups is 1. The maximum Gasteiger partial charge on any atom is 0.255 e. The van der Waals surface area contributed by atoms with Crippen molar-refractivity contribution in [3.05, 3.63) is 81.0 Å². The van der Waals surface area contributed by atoms with E-state index in [1.54, 1.807) is 36.3 Å². The van der Waals surface area contributed by atoms with Gasteiger partial charge in [0.05, 0.1) is 53.3 Å². The highest BCUT2D eigenvalue weighted by atomic mass is 35.5. The van der Waals surface area contributed by atoms with Gasteiger partial charge in [-0.15, -0.1) is 0 Å². The van der Waals surface area contributed by atoms with Gasteiger partial charge in [-0.1, -0.05) is 41.8 Å². The Morgan fingerprint density at radius 1 is 0.967 bits per heavy atom. The van der Waals surface area contributed by atoms with E-state index in [4.69, 9.17) is 37.4 Å². The summed E-state index contributed by atoms with van der Waals surface area (Å²) in [6, 6.07) is 14.1. The van der Waals surface area contributed by atoms with E-state index in [0.29, 0.717) is 99.8 Å². The highest BCUT2D eigenvalue weighted by molar-refractivity contribution is 6.37. The van der Waals surface area contributed by atoms with Gasteiger partial charge in [0.25, 0.3) is 5.91 Å². The van der Waals surface area contributed by atoms with Gasteiger partial charge >= 0.3 is 0 Å². The molecule has 1 atom stereocenters. The van der Waals surface area contributed by atoms with Crippen molar-refractivity contribution in [2.75, 3.05) is 58.9 Å². The third-order valence-electron chi connectivity index (χ3n) is 11.4. The van der Waals surface area contributed by atoms with E-state index in [-0.39, 0.29) is 24.1 Å². The van der Waals surface area contributed by atoms with E-state index in [1.807, 2.05) is 23.1 Å². The maximum atomic E-state index is 13.2. The number of unbranched alkanes of at least 4 members (excludes halogenated alkanes) is 2. The summed E-state index contributed by atoms with van der Waals surface area (Å²) < 4.78 is 17.2. The van der Waals surface area contributed by atoms with Crippen LogP contribution in [-0.2, 0) is 27.3 Å². The Morgan fingerprint density at radius 2 is 1.77 bits per heavy atom. The van der Waals surface area contributed by atoms with Crippen molar-refractivity contribution in [3.63, 3.8) is 0 Å². The summed E-state index contributed by atoms with van der Waals surface area (Å²) in [5, 5.41) is 16.9. The number of fused-ring (bicyclic) bond motifs is 2. The lowest BCUT2D eigenvalue weighted by Crippen LogP contribution is -2.52. The van der Waals surface area contributed by atoms with Crippen LogP contribution in [-0.4, -0.2) is 103 Å². The Hall–Kier alpha value is -5.62. The molecular weight excluding hydrogens is 809 g/mol. The fourth-order valence-electron chi connectivity index (χ4n) is 8.11. The number of hydrogen-bond donors (Lipinski definition) is 2. The smallest absolute Gasteiger partial charge is 0.255 e. The normalized spacial score (nSPS) is 16.7. The van der Waals surface area contributed by atoms with E-state index in [9.17, 15) is 24.4 Å². The molecule has 3 aromatic carbocycles. The number of anilines is 2. The molecule has 14 nitrogen and oxygen atoms in total. The van der Waals surface area contributed by atoms with Crippen molar-refractivity contribution in [2.24, 2.45) is 0 Å². The molecule has 0 spiro atoms. The van der Waals surface area contributed by atoms with E-state index >= 15 is 0 Å². The summed E-state index contributed by atoms with van der Waals surface area (Å²) in [6.45, 7) is 4.60. The van der Waals surface area contributed by atoms with E-state index in [1.165, 1.54) is 13.3 Å². The number of halogens is 2. The summed E-state index contributed by atoms with van der Waals surface area (Å²) in [4.78, 5) is 60.7. The summed E-state index contributed by atoms with van der Waals surface area (Å²) in [7, 11) is 3.07. The number of pyridine rings is 1. The maximum absolute atomic E-state index is 13.2. The molecule has 16 heteroatoms. The number of piperidine rings is 1. The highest BCUT2D eigenvalue weighted by Crippen LogP contribution is 2.40. The van der Waals surface area contributed by atoms with E-state index in [0.717, 1.165) is 62.9 Å². The van der Waals surface area contributed by atoms with Gasteiger partial charge in [-0.25, -0.2) is 0 Å². The predicted molar refractivity (Wildman–Crippen MR) is 227 cm³/mol. The molecule has 2 fully saturated rings. The zero-order valence-corrected chi connectivity index (χ0v) is 35.2. The second-order valence-electron chi connectivity index (χ2n) is 15.1. The average Bonchev–Trinajstić information content (AvgIpc) is 3.59. The van der Waals surface area contributed by atoms with Gasteiger partial charge in [0.15, 0.2) is 11.5 Å². The molecular formula is C44H47Cl2N7O7. The second kappa shape index (κ2) is 19.2. The first-order valence-corrected chi connectivity index (χ1v) is 20.9. The average molecular weight is 857 g/mol. The number of nitrogens with zero attached hydrogens (tertiary/aromatic N) is 5. The van der Waals surface area contributed by atoms with Crippen LogP contribution >= 0.6 is 23.2 Å². The van der Waals surface area contributed by atoms with Crippen LogP contribution in [0.4, 0.5) is 11.4 Å². The number of amides is 4. The Kier molecular flexibility index (Phi) is 13.6. The lowest BCUT2D eigenvalue weighted by atomic mass is 9.98. The minimum atomic E-state index is -0.628. The van der Waals surface area contributed by atoms with Crippen LogP contribution in [0.3, 0.4) is 0 Å². The van der Waals surface area contributed by atoms with Crippen molar-refractivity contribution >= 4 is 69.1 Å². The van der Waals surface area contributed by atoms with Crippen LogP contribution in [0.2, 0.25) is 10.0 Å². The number of ether oxygens (including phenoxy) is 3. The van der Waals surface area contributed by atoms with Gasteiger partial charge in [0, 0.05) is 81.4 Å². The van der Waals surface area contributed by atoms with Crippen molar-refractivity contribution < 1.29 is 33.4 Å². The number of hydrogen-bond acceptors (Lipinski definition) is 11. The minimum absolute atomic E-state index is 0.162. The summed E-state index contributed by atoms with van der Waals surface area (Å²) >= 11 is 12.7. The molecule has 2 N–H and O–H groups in total. The molecule has 7 rings (SSSR count). The molecule has 4 aromatic rings. The predicted octanol–water partition coefficient (Wildman–Crippen LogP) is 6.65. The Labute approximate surface area is 358 Å². The van der Waals surface area contributed by atoms with Crippen LogP contribution in [0.15, 0.2) is 48.7 Å². The Balaban J connectivity index is 0.835. The number of aromatic nitrogens is 1. The molecule has 0 bridgehead atoms. The molecule has 2 saturated heterocycles. The lowest BCUT2D eigenvalue weighted by Gasteiger charge is -2.34. The summed E-state index contributed by atoms with van der Waals surface area (Å²) in [6.07, 6.45) is 6.71. The molecule has 1 aromatic heterocycles. The number of nitriles is 1. The first-order chi connectivity index (χ1) is 29.1. The number of aryl methyl sites for hydroxylation is 1. The van der Waals surface area contributed by atoms with Gasteiger partial charge in [0.1, 0.15) is 17.9 Å². The third kappa shape index (κ3) is 9.39. The highest BCUT2D eigenvalue weighted by Gasteiger charge is 2.39. The molecule has 4 amide bonds. The Morgan fingerprint density at radius 3 is 2.52 bits per heavy atom. The number of rotatable bonds is 16. The van der Waals surface area contributed by atoms with Crippen molar-refractivity contribution in [1.29, 1.82) is 5.26 Å². The van der Waals surface area contributed by atoms with Gasteiger partial charge in [-0.2, -0.15) is 5.26 Å². The fourth-order valence-corrected chi connectivity index (χ4v) is 8.62. The van der Waals surface area contributed by atoms with Gasteiger partial charge in [-0.05, 0) is 61.4 Å². The molecule has 0 aliphatic carbocycles. The van der Waals surface area contributed by atoms with Gasteiger partial charge in [0.2, 0.25) is 17.7 Å². The number of carbonyl (C=O) groups is 4. The van der Waals surface area contributed by atoms with Crippen molar-refractivity contribution in [2.45, 2.75) is 64.0 Å². The number of methoxy groups -OCH3 is 2. The molecule has 60 heavy (non-hydrogen) atoms. The monoisotopic (exact) mass is 855 g/mol. The second-order valence-corrected chi connectivity index (χ2v) is 15.9. The largest absolute Gasteiger partial charge is 0.495 e. The van der Waals surface area contributed by atoms with E-state index < -0.39 is 11.9 Å². The standard InChI is InChI=1S/C44H47Cl2N7O7/c1-58-37-23-35(32(45)21-33(37)46)49-42-28(24-47)25-48-34-22-39(38(59-2)20-30(34)42)60-19-7-14-51-15-17-52(18-16-51)41(55)11-5-3-4-8-27-9-6-10-29-31(27)26-53(44(29)57)36-12-13-40(54)50-43(36)56/h6,9-10,20-23,25,36H,3-5,7-8,11-19,26H2,1-2H3,(H,48,49)(H,50,54,56). The number of piperazine rings is 1. The zero-order chi connectivity index (χ0) is 42.3. The molecule has 0 radical (unpaired) electrons. The first kappa shape index (κ1) is 42.5. The summed E-state index contributed by atoms with van der Waals surface area (Å²) in [5.74, 6) is 0.771. The SMILES string of the molecule is COc1cc(Nc2c(C#N)cnc3cc(OCCCN4CCN(C(=O)CCCCCc5cccc6c5CN(C5CCC(=O)NC5=O)C6=O)CC4)c(OC)cc23)c(Cl)cc1Cl. The Bertz CT molecular complexity index is 2340. The minimum Gasteiger partial charge on any atom is -0.495 e. The zero-order valence-electron chi connectivity index (χ0n) is 33.7.